The van der Waals surface area contributed by atoms with Crippen LogP contribution in [-0.2, 0) is 9.47 Å². The fourth-order valence-corrected chi connectivity index (χ4v) is 7.00. The van der Waals surface area contributed by atoms with Crippen LogP contribution in [0, 0.1) is 22.7 Å². The summed E-state index contributed by atoms with van der Waals surface area (Å²) in [6.45, 7) is 3.03. The summed E-state index contributed by atoms with van der Waals surface area (Å²) >= 11 is 19.4. The Morgan fingerprint density at radius 1 is 0.682 bits per heavy atom. The molecule has 0 aliphatic carbocycles. The molecule has 1 amide bonds. The Morgan fingerprint density at radius 3 is 1.79 bits per heavy atom. The van der Waals surface area contributed by atoms with Crippen LogP contribution >= 0.6 is 34.8 Å². The number of hydrogen-bond donors (Lipinski definition) is 2. The number of rotatable bonds is 13. The Bertz CT molecular complexity index is 2900. The maximum absolute atomic E-state index is 12.2. The van der Waals surface area contributed by atoms with E-state index in [4.69, 9.17) is 53.8 Å². The van der Waals surface area contributed by atoms with E-state index in [9.17, 15) is 20.1 Å². The van der Waals surface area contributed by atoms with Crippen LogP contribution in [0.2, 0.25) is 15.1 Å². The first-order valence-electron chi connectivity index (χ1n) is 19.8. The third kappa shape index (κ3) is 12.1. The van der Waals surface area contributed by atoms with Gasteiger partial charge in [0.05, 0.1) is 39.4 Å². The molecule has 0 saturated heterocycles. The van der Waals surface area contributed by atoms with Gasteiger partial charge in [-0.25, -0.2) is 29.5 Å². The fourth-order valence-electron chi connectivity index (χ4n) is 6.27. The van der Waals surface area contributed by atoms with Crippen molar-refractivity contribution in [3.8, 4) is 23.6 Å². The second kappa shape index (κ2) is 22.7. The molecule has 2 unspecified atom stereocenters. The van der Waals surface area contributed by atoms with Crippen LogP contribution in [0.4, 0.5) is 21.5 Å². The summed E-state index contributed by atoms with van der Waals surface area (Å²) < 4.78 is 21.6. The molecule has 66 heavy (non-hydrogen) atoms. The highest BCUT2D eigenvalue weighted by Crippen LogP contribution is 2.41. The first-order valence-corrected chi connectivity index (χ1v) is 21.0. The second-order valence-corrected chi connectivity index (χ2v) is 15.5. The van der Waals surface area contributed by atoms with Gasteiger partial charge in [0.2, 0.25) is 18.7 Å². The molecule has 19 heteroatoms. The van der Waals surface area contributed by atoms with E-state index >= 15 is 0 Å². The highest BCUT2D eigenvalue weighted by Gasteiger charge is 2.27. The molecule has 0 fully saturated rings. The number of benzene rings is 4. The van der Waals surface area contributed by atoms with Gasteiger partial charge in [-0.15, -0.1) is 0 Å². The lowest BCUT2D eigenvalue weighted by molar-refractivity contribution is -0.00808. The third-order valence-electron chi connectivity index (χ3n) is 9.23. The van der Waals surface area contributed by atoms with Gasteiger partial charge in [0, 0.05) is 66.6 Å². The van der Waals surface area contributed by atoms with Crippen molar-refractivity contribution >= 4 is 69.9 Å². The topological polar surface area (TPSA) is 210 Å². The van der Waals surface area contributed by atoms with Crippen LogP contribution in [0.25, 0.3) is 10.9 Å². The van der Waals surface area contributed by atoms with Crippen molar-refractivity contribution in [2.45, 2.75) is 32.0 Å². The van der Waals surface area contributed by atoms with Gasteiger partial charge < -0.3 is 34.5 Å². The van der Waals surface area contributed by atoms with Gasteiger partial charge in [0.15, 0.2) is 5.75 Å². The SMILES string of the molecule is CC(C)OC(=O)OCOc1c(C(Nc2ncccn2)c2cccc(C#N)c2Cl)ccc2cccnc12.CN(C)C(=O)Oc1ccc(Cl)cc1C(Nc1ncccn1)c1cccc(C#N)c1Cl. The number of nitrogens with one attached hydrogen (secondary N) is 2. The predicted molar refractivity (Wildman–Crippen MR) is 248 cm³/mol. The van der Waals surface area contributed by atoms with E-state index in [2.05, 4.69) is 47.7 Å². The lowest BCUT2D eigenvalue weighted by Crippen LogP contribution is -2.26. The van der Waals surface area contributed by atoms with Crippen molar-refractivity contribution in [1.82, 2.24) is 29.8 Å². The minimum absolute atomic E-state index is 0.262. The van der Waals surface area contributed by atoms with E-state index in [0.29, 0.717) is 61.6 Å². The number of aromatic nitrogens is 5. The Hall–Kier alpha value is -7.76. The number of nitrogens with zero attached hydrogens (tertiary/aromatic N) is 8. The molecule has 0 saturated carbocycles. The summed E-state index contributed by atoms with van der Waals surface area (Å²) in [4.78, 5) is 46.8. The summed E-state index contributed by atoms with van der Waals surface area (Å²) in [7, 11) is 3.16. The minimum atomic E-state index is -0.850. The average Bonchev–Trinajstić information content (AvgIpc) is 3.31. The van der Waals surface area contributed by atoms with Gasteiger partial charge in [-0.1, -0.05) is 77.3 Å². The Kier molecular flexibility index (Phi) is 16.4. The number of fused-ring (bicyclic) bond motifs is 1. The van der Waals surface area contributed by atoms with E-state index in [1.807, 2.05) is 24.3 Å². The second-order valence-electron chi connectivity index (χ2n) is 14.3. The van der Waals surface area contributed by atoms with E-state index in [0.717, 1.165) is 5.39 Å². The number of ether oxygens (including phenoxy) is 4. The van der Waals surface area contributed by atoms with Crippen LogP contribution in [-0.4, -0.2) is 69.1 Å². The lowest BCUT2D eigenvalue weighted by Gasteiger charge is -2.24. The number of pyridine rings is 1. The van der Waals surface area contributed by atoms with Crippen LogP contribution in [0.3, 0.4) is 0 Å². The number of anilines is 2. The van der Waals surface area contributed by atoms with Crippen LogP contribution in [0.5, 0.6) is 11.5 Å². The average molecular weight is 946 g/mol. The highest BCUT2D eigenvalue weighted by atomic mass is 35.5. The Labute approximate surface area is 394 Å². The quantitative estimate of drug-likeness (QED) is 0.0813. The van der Waals surface area contributed by atoms with Crippen molar-refractivity contribution < 1.29 is 28.5 Å². The molecule has 16 nitrogen and oxygen atoms in total. The molecule has 2 N–H and O–H groups in total. The zero-order chi connectivity index (χ0) is 47.2. The van der Waals surface area contributed by atoms with Gasteiger partial charge in [-0.3, -0.25) is 4.98 Å². The first-order chi connectivity index (χ1) is 31.9. The molecule has 3 heterocycles. The van der Waals surface area contributed by atoms with Gasteiger partial charge in [0.25, 0.3) is 0 Å². The van der Waals surface area contributed by atoms with Crippen molar-refractivity contribution in [2.75, 3.05) is 31.5 Å². The number of carbonyl (C=O) groups excluding carboxylic acids is 2. The molecule has 0 spiro atoms. The molecular weight excluding hydrogens is 907 g/mol. The normalized spacial score (nSPS) is 11.4. The van der Waals surface area contributed by atoms with Gasteiger partial charge in [-0.05, 0) is 73.5 Å². The predicted octanol–water partition coefficient (Wildman–Crippen LogP) is 10.6. The van der Waals surface area contributed by atoms with E-state index < -0.39 is 31.1 Å². The zero-order valence-electron chi connectivity index (χ0n) is 35.6. The van der Waals surface area contributed by atoms with E-state index in [-0.39, 0.29) is 21.9 Å². The summed E-state index contributed by atoms with van der Waals surface area (Å²) in [5.74, 6) is 1.30. The van der Waals surface area contributed by atoms with E-state index in [1.165, 1.54) is 4.90 Å². The van der Waals surface area contributed by atoms with Crippen LogP contribution in [0.15, 0.2) is 122 Å². The number of carbonyl (C=O) groups is 2. The molecule has 3 aromatic heterocycles. The molecule has 0 aliphatic heterocycles. The van der Waals surface area contributed by atoms with Gasteiger partial charge in [-0.2, -0.15) is 10.5 Å². The Balaban J connectivity index is 0.000000222. The smallest absolute Gasteiger partial charge is 0.455 e. The largest absolute Gasteiger partial charge is 0.511 e. The number of nitriles is 2. The van der Waals surface area contributed by atoms with Crippen LogP contribution in [0.1, 0.15) is 59.3 Å². The molecule has 7 rings (SSSR count). The summed E-state index contributed by atoms with van der Waals surface area (Å²) in [5.41, 5.74) is 3.49. The Morgan fingerprint density at radius 2 is 1.24 bits per heavy atom. The first kappa shape index (κ1) is 47.7. The van der Waals surface area contributed by atoms with Crippen LogP contribution < -0.4 is 20.1 Å². The summed E-state index contributed by atoms with van der Waals surface area (Å²) in [6, 6.07) is 28.9. The van der Waals surface area contributed by atoms with Crippen molar-refractivity contribution in [3.05, 3.63) is 170 Å². The van der Waals surface area contributed by atoms with Crippen molar-refractivity contribution in [3.63, 3.8) is 0 Å². The maximum atomic E-state index is 12.2. The summed E-state index contributed by atoms with van der Waals surface area (Å²) in [5, 5.41) is 27.2. The molecule has 4 aromatic carbocycles. The molecule has 7 aromatic rings. The summed E-state index contributed by atoms with van der Waals surface area (Å²) in [6.07, 6.45) is 6.29. The third-order valence-corrected chi connectivity index (χ3v) is 10.3. The van der Waals surface area contributed by atoms with Crippen molar-refractivity contribution in [2.24, 2.45) is 0 Å². The molecule has 0 radical (unpaired) electrons. The molecule has 2 atom stereocenters. The van der Waals surface area contributed by atoms with E-state index in [1.54, 1.807) is 126 Å². The highest BCUT2D eigenvalue weighted by molar-refractivity contribution is 6.33. The standard InChI is InChI=1S/C26H22ClN5O4.C21H17Cl2N5O2/c1-16(2)36-26(33)35-15-34-24-20(10-9-17-7-4-11-29-22(17)24)23(32-25-30-12-5-13-31-25)19-8-3-6-18(14-28)21(19)27;1-28(2)21(29)30-17-8-7-14(22)11-16(17)19(27-20-25-9-4-10-26-20)15-6-3-5-13(12-24)18(15)23/h3-13,16,23H,15H2,1-2H3,(H,30,31,32);3-11,19H,1-2H3,(H,25,26,27). The van der Waals surface area contributed by atoms with Gasteiger partial charge in [0.1, 0.15) is 23.4 Å². The molecule has 0 bridgehead atoms. The maximum Gasteiger partial charge on any atom is 0.511 e. The molecule has 334 valence electrons. The monoisotopic (exact) mass is 944 g/mol. The zero-order valence-corrected chi connectivity index (χ0v) is 37.9. The number of hydrogen-bond acceptors (Lipinski definition) is 15. The lowest BCUT2D eigenvalue weighted by atomic mass is 9.95. The van der Waals surface area contributed by atoms with Crippen molar-refractivity contribution in [1.29, 1.82) is 10.5 Å². The van der Waals surface area contributed by atoms with Gasteiger partial charge >= 0.3 is 12.2 Å². The molecule has 0 aliphatic rings. The number of halogens is 3. The molecular formula is C47H39Cl3N10O6. The fraction of sp³-hybridized carbons (Fsp3) is 0.170. The minimum Gasteiger partial charge on any atom is -0.455 e. The number of amides is 1.